The van der Waals surface area contributed by atoms with Crippen LogP contribution in [0.1, 0.15) is 37.6 Å². The Labute approximate surface area is 121 Å². The Balaban J connectivity index is 2.91. The highest BCUT2D eigenvalue weighted by Gasteiger charge is 2.27. The van der Waals surface area contributed by atoms with Gasteiger partial charge in [-0.3, -0.25) is 4.79 Å². The molecule has 0 spiro atoms. The Kier molecular flexibility index (Phi) is 5.50. The Morgan fingerprint density at radius 1 is 1.53 bits per heavy atom. The second-order valence-electron chi connectivity index (χ2n) is 5.44. The number of carbonyl (C=O) groups is 1. The summed E-state index contributed by atoms with van der Waals surface area (Å²) in [5.41, 5.74) is 5.23. The minimum absolute atomic E-state index is 0.0257. The number of amides is 1. The fraction of sp³-hybridized carbons (Fsp3) is 0.500. The maximum atomic E-state index is 13.6. The van der Waals surface area contributed by atoms with Crippen LogP contribution in [-0.2, 0) is 0 Å². The number of hydrogen-bond donors (Lipinski definition) is 2. The van der Waals surface area contributed by atoms with Crippen LogP contribution in [0.3, 0.4) is 0 Å². The molecule has 0 saturated heterocycles. The molecule has 1 amide bonds. The van der Waals surface area contributed by atoms with Crippen LogP contribution in [0.25, 0.3) is 0 Å². The zero-order valence-electron chi connectivity index (χ0n) is 11.5. The van der Waals surface area contributed by atoms with Crippen molar-refractivity contribution >= 4 is 21.8 Å². The van der Waals surface area contributed by atoms with E-state index in [9.17, 15) is 9.18 Å². The van der Waals surface area contributed by atoms with Crippen LogP contribution in [0.15, 0.2) is 22.7 Å². The van der Waals surface area contributed by atoms with Gasteiger partial charge in [0.25, 0.3) is 5.91 Å². The Bertz CT molecular complexity index is 465. The maximum Gasteiger partial charge on any atom is 0.254 e. The van der Waals surface area contributed by atoms with Crippen LogP contribution in [0.2, 0.25) is 0 Å². The Morgan fingerprint density at radius 3 is 2.68 bits per heavy atom. The van der Waals surface area contributed by atoms with Crippen LogP contribution in [-0.4, -0.2) is 18.0 Å². The van der Waals surface area contributed by atoms with Crippen molar-refractivity contribution in [2.45, 2.75) is 32.7 Å². The van der Waals surface area contributed by atoms with E-state index >= 15 is 0 Å². The summed E-state index contributed by atoms with van der Waals surface area (Å²) in [5.74, 6) is -0.585. The van der Waals surface area contributed by atoms with E-state index in [2.05, 4.69) is 35.1 Å². The van der Waals surface area contributed by atoms with Gasteiger partial charge in [-0.15, -0.1) is 0 Å². The predicted octanol–water partition coefficient (Wildman–Crippen LogP) is 3.08. The molecular formula is C14H20BrFN2O. The van der Waals surface area contributed by atoms with Gasteiger partial charge in [0.05, 0.1) is 5.56 Å². The van der Waals surface area contributed by atoms with Gasteiger partial charge < -0.3 is 11.1 Å². The highest BCUT2D eigenvalue weighted by atomic mass is 79.9. The lowest BCUT2D eigenvalue weighted by molar-refractivity contribution is 0.0894. The minimum atomic E-state index is -0.537. The standard InChI is InChI=1S/C14H20BrFN2O/c1-9(2)7-14(3,8-17)18-13(19)11-6-10(15)4-5-12(11)16/h4-6,9H,7-8,17H2,1-3H3,(H,18,19). The number of hydrogen-bond acceptors (Lipinski definition) is 2. The highest BCUT2D eigenvalue weighted by Crippen LogP contribution is 2.19. The van der Waals surface area contributed by atoms with Crippen molar-refractivity contribution in [2.24, 2.45) is 11.7 Å². The van der Waals surface area contributed by atoms with Crippen LogP contribution in [0.5, 0.6) is 0 Å². The summed E-state index contributed by atoms with van der Waals surface area (Å²) in [6.45, 7) is 6.30. The van der Waals surface area contributed by atoms with E-state index < -0.39 is 17.3 Å². The van der Waals surface area contributed by atoms with E-state index in [1.54, 1.807) is 6.07 Å². The van der Waals surface area contributed by atoms with Gasteiger partial charge in [-0.25, -0.2) is 4.39 Å². The van der Waals surface area contributed by atoms with E-state index in [-0.39, 0.29) is 5.56 Å². The van der Waals surface area contributed by atoms with E-state index in [4.69, 9.17) is 5.73 Å². The van der Waals surface area contributed by atoms with Crippen molar-refractivity contribution in [1.82, 2.24) is 5.32 Å². The first-order valence-corrected chi connectivity index (χ1v) is 7.04. The van der Waals surface area contributed by atoms with Gasteiger partial charge in [0.2, 0.25) is 0 Å². The topological polar surface area (TPSA) is 55.1 Å². The molecule has 1 aromatic carbocycles. The summed E-state index contributed by atoms with van der Waals surface area (Å²) < 4.78 is 14.3. The van der Waals surface area contributed by atoms with E-state index in [0.717, 1.165) is 6.42 Å². The predicted molar refractivity (Wildman–Crippen MR) is 78.5 cm³/mol. The molecule has 0 radical (unpaired) electrons. The lowest BCUT2D eigenvalue weighted by atomic mass is 9.90. The van der Waals surface area contributed by atoms with Crippen molar-refractivity contribution in [2.75, 3.05) is 6.54 Å². The van der Waals surface area contributed by atoms with Crippen molar-refractivity contribution in [1.29, 1.82) is 0 Å². The average Bonchev–Trinajstić information content (AvgIpc) is 2.31. The van der Waals surface area contributed by atoms with Gasteiger partial charge in [0.15, 0.2) is 0 Å². The first-order valence-electron chi connectivity index (χ1n) is 6.25. The van der Waals surface area contributed by atoms with Crippen molar-refractivity contribution in [3.8, 4) is 0 Å². The zero-order chi connectivity index (χ0) is 14.6. The lowest BCUT2D eigenvalue weighted by Gasteiger charge is -2.31. The number of nitrogens with two attached hydrogens (primary N) is 1. The van der Waals surface area contributed by atoms with Gasteiger partial charge >= 0.3 is 0 Å². The Morgan fingerprint density at radius 2 is 2.16 bits per heavy atom. The minimum Gasteiger partial charge on any atom is -0.346 e. The smallest absolute Gasteiger partial charge is 0.254 e. The summed E-state index contributed by atoms with van der Waals surface area (Å²) in [4.78, 5) is 12.1. The van der Waals surface area contributed by atoms with Gasteiger partial charge in [-0.1, -0.05) is 29.8 Å². The molecule has 0 aromatic heterocycles. The molecule has 0 aliphatic heterocycles. The average molecular weight is 331 g/mol. The van der Waals surface area contributed by atoms with Gasteiger partial charge in [0.1, 0.15) is 5.82 Å². The molecule has 1 rings (SSSR count). The summed E-state index contributed by atoms with van der Waals surface area (Å²) >= 11 is 3.23. The lowest BCUT2D eigenvalue weighted by Crippen LogP contribution is -2.52. The number of benzene rings is 1. The first kappa shape index (κ1) is 16.1. The molecule has 0 saturated carbocycles. The van der Waals surface area contributed by atoms with Gasteiger partial charge in [-0.05, 0) is 37.5 Å². The first-order chi connectivity index (χ1) is 8.77. The van der Waals surface area contributed by atoms with Crippen LogP contribution in [0.4, 0.5) is 4.39 Å². The molecule has 3 N–H and O–H groups in total. The fourth-order valence-electron chi connectivity index (χ4n) is 2.10. The normalized spacial score (nSPS) is 14.3. The molecule has 1 unspecified atom stereocenters. The highest BCUT2D eigenvalue weighted by molar-refractivity contribution is 9.10. The SMILES string of the molecule is CC(C)CC(C)(CN)NC(=O)c1cc(Br)ccc1F. The molecule has 1 atom stereocenters. The Hall–Kier alpha value is -0.940. The summed E-state index contributed by atoms with van der Waals surface area (Å²) in [7, 11) is 0. The molecule has 0 aliphatic rings. The van der Waals surface area contributed by atoms with Crippen LogP contribution >= 0.6 is 15.9 Å². The maximum absolute atomic E-state index is 13.6. The van der Waals surface area contributed by atoms with Gasteiger partial charge in [-0.2, -0.15) is 0 Å². The molecule has 0 bridgehead atoms. The van der Waals surface area contributed by atoms with Crippen molar-refractivity contribution in [3.63, 3.8) is 0 Å². The third-order valence-corrected chi connectivity index (χ3v) is 3.39. The second-order valence-corrected chi connectivity index (χ2v) is 6.36. The summed E-state index contributed by atoms with van der Waals surface area (Å²) in [6, 6.07) is 4.29. The van der Waals surface area contributed by atoms with Crippen molar-refractivity contribution < 1.29 is 9.18 Å². The molecule has 0 fully saturated rings. The molecule has 0 heterocycles. The number of halogens is 2. The third kappa shape index (κ3) is 4.58. The second kappa shape index (κ2) is 6.48. The monoisotopic (exact) mass is 330 g/mol. The van der Waals surface area contributed by atoms with Crippen LogP contribution < -0.4 is 11.1 Å². The molecule has 106 valence electrons. The molecule has 5 heteroatoms. The molecule has 0 aliphatic carbocycles. The largest absolute Gasteiger partial charge is 0.346 e. The summed E-state index contributed by atoms with van der Waals surface area (Å²) in [6.07, 6.45) is 0.741. The van der Waals surface area contributed by atoms with Gasteiger partial charge in [0, 0.05) is 16.6 Å². The number of carbonyl (C=O) groups excluding carboxylic acids is 1. The quantitative estimate of drug-likeness (QED) is 0.871. The molecule has 3 nitrogen and oxygen atoms in total. The molecule has 1 aromatic rings. The molecular weight excluding hydrogens is 311 g/mol. The number of rotatable bonds is 5. The third-order valence-electron chi connectivity index (χ3n) is 2.90. The van der Waals surface area contributed by atoms with Crippen molar-refractivity contribution in [3.05, 3.63) is 34.1 Å². The van der Waals surface area contributed by atoms with E-state index in [1.165, 1.54) is 12.1 Å². The summed E-state index contributed by atoms with van der Waals surface area (Å²) in [5, 5.41) is 2.83. The number of nitrogens with one attached hydrogen (secondary N) is 1. The zero-order valence-corrected chi connectivity index (χ0v) is 13.1. The fourth-order valence-corrected chi connectivity index (χ4v) is 2.46. The molecule has 19 heavy (non-hydrogen) atoms. The van der Waals surface area contributed by atoms with E-state index in [1.807, 2.05) is 6.92 Å². The van der Waals surface area contributed by atoms with E-state index in [0.29, 0.717) is 16.9 Å². The van der Waals surface area contributed by atoms with Crippen LogP contribution in [0, 0.1) is 11.7 Å².